The largest absolute Gasteiger partial charge is 0.394 e. The first kappa shape index (κ1) is 14.5. The zero-order chi connectivity index (χ0) is 12.3. The topological polar surface area (TPSA) is 67.9 Å². The molecule has 0 spiro atoms. The highest BCUT2D eigenvalue weighted by molar-refractivity contribution is 5.85. The Bertz CT molecular complexity index is 474. The lowest BCUT2D eigenvalue weighted by molar-refractivity contribution is 0.269. The van der Waals surface area contributed by atoms with Crippen molar-refractivity contribution in [3.8, 4) is 0 Å². The van der Waals surface area contributed by atoms with E-state index in [1.165, 1.54) is 0 Å². The number of aliphatic hydroxyl groups is 1. The maximum atomic E-state index is 8.79. The summed E-state index contributed by atoms with van der Waals surface area (Å²) in [6.07, 6.45) is 3.69. The van der Waals surface area contributed by atoms with Crippen LogP contribution in [0.4, 0.5) is 5.82 Å². The van der Waals surface area contributed by atoms with Crippen molar-refractivity contribution in [2.45, 2.75) is 20.0 Å². The Morgan fingerprint density at radius 1 is 1.44 bits per heavy atom. The number of anilines is 1. The molecule has 100 valence electrons. The van der Waals surface area contributed by atoms with Crippen LogP contribution in [0.25, 0.3) is 0 Å². The second-order valence-electron chi connectivity index (χ2n) is 3.94. The number of nitrogens with one attached hydrogen (secondary N) is 1. The molecule has 2 rings (SSSR count). The molecule has 0 unspecified atom stereocenters. The minimum absolute atomic E-state index is 0. The van der Waals surface area contributed by atoms with Gasteiger partial charge >= 0.3 is 0 Å². The molecule has 0 aliphatic carbocycles. The van der Waals surface area contributed by atoms with Crippen molar-refractivity contribution in [3.05, 3.63) is 29.7 Å². The second-order valence-corrected chi connectivity index (χ2v) is 3.94. The number of aliphatic hydroxyl groups excluding tert-OH is 1. The molecule has 2 aromatic rings. The van der Waals surface area contributed by atoms with Gasteiger partial charge in [0.1, 0.15) is 5.82 Å². The summed E-state index contributed by atoms with van der Waals surface area (Å²) in [7, 11) is 1.92. The summed E-state index contributed by atoms with van der Waals surface area (Å²) in [5.74, 6) is 0.805. The number of hydrogen-bond acceptors (Lipinski definition) is 4. The van der Waals surface area contributed by atoms with Gasteiger partial charge in [0, 0.05) is 19.3 Å². The molecule has 0 saturated carbocycles. The number of aryl methyl sites for hydroxylation is 2. The van der Waals surface area contributed by atoms with Gasteiger partial charge in [-0.2, -0.15) is 10.2 Å². The molecule has 2 N–H and O–H groups in total. The van der Waals surface area contributed by atoms with Crippen LogP contribution in [0.1, 0.15) is 11.3 Å². The summed E-state index contributed by atoms with van der Waals surface area (Å²) >= 11 is 0. The average molecular weight is 272 g/mol. The molecule has 0 atom stereocenters. The lowest BCUT2D eigenvalue weighted by Crippen LogP contribution is -2.08. The summed E-state index contributed by atoms with van der Waals surface area (Å²) in [6, 6.07) is 1.89. The molecule has 18 heavy (non-hydrogen) atoms. The van der Waals surface area contributed by atoms with E-state index in [0.717, 1.165) is 17.1 Å². The molecule has 6 nitrogen and oxygen atoms in total. The fraction of sp³-hybridized carbons (Fsp3) is 0.455. The number of rotatable bonds is 5. The standard InChI is InChI=1S/C11H17N5O.ClH/c1-9-7-13-15(2)10(9)8-12-11-3-4-16(14-11)5-6-17;/h3-4,7,17H,5-6,8H2,1-2H3,(H,12,14);1H. The summed E-state index contributed by atoms with van der Waals surface area (Å²) < 4.78 is 3.56. The van der Waals surface area contributed by atoms with E-state index in [2.05, 4.69) is 15.5 Å². The lowest BCUT2D eigenvalue weighted by atomic mass is 10.3. The molecule has 0 fully saturated rings. The van der Waals surface area contributed by atoms with Gasteiger partial charge < -0.3 is 10.4 Å². The van der Waals surface area contributed by atoms with Gasteiger partial charge in [-0.3, -0.25) is 9.36 Å². The predicted octanol–water partition coefficient (Wildman–Crippen LogP) is 0.951. The van der Waals surface area contributed by atoms with Crippen LogP contribution >= 0.6 is 12.4 Å². The van der Waals surface area contributed by atoms with Crippen molar-refractivity contribution in [3.63, 3.8) is 0 Å². The Labute approximate surface area is 112 Å². The van der Waals surface area contributed by atoms with Gasteiger partial charge in [0.05, 0.1) is 31.6 Å². The molecule has 0 amide bonds. The normalized spacial score (nSPS) is 10.2. The van der Waals surface area contributed by atoms with Crippen molar-refractivity contribution in [1.82, 2.24) is 19.6 Å². The third-order valence-corrected chi connectivity index (χ3v) is 2.68. The van der Waals surface area contributed by atoms with Crippen molar-refractivity contribution in [1.29, 1.82) is 0 Å². The molecule has 2 aromatic heterocycles. The van der Waals surface area contributed by atoms with Gasteiger partial charge in [-0.05, 0) is 12.5 Å². The van der Waals surface area contributed by atoms with E-state index in [9.17, 15) is 0 Å². The number of nitrogens with zero attached hydrogens (tertiary/aromatic N) is 4. The van der Waals surface area contributed by atoms with Crippen LogP contribution < -0.4 is 5.32 Å². The Morgan fingerprint density at radius 3 is 2.83 bits per heavy atom. The highest BCUT2D eigenvalue weighted by Crippen LogP contribution is 2.09. The van der Waals surface area contributed by atoms with Crippen LogP contribution in [0, 0.1) is 6.92 Å². The first-order valence-electron chi connectivity index (χ1n) is 5.56. The smallest absolute Gasteiger partial charge is 0.148 e. The fourth-order valence-electron chi connectivity index (χ4n) is 1.68. The molecule has 0 bridgehead atoms. The zero-order valence-corrected chi connectivity index (χ0v) is 11.3. The van der Waals surface area contributed by atoms with Crippen molar-refractivity contribution in [2.75, 3.05) is 11.9 Å². The van der Waals surface area contributed by atoms with Crippen molar-refractivity contribution in [2.24, 2.45) is 7.05 Å². The van der Waals surface area contributed by atoms with E-state index >= 15 is 0 Å². The summed E-state index contributed by atoms with van der Waals surface area (Å²) in [5.41, 5.74) is 2.30. The Kier molecular flexibility index (Phi) is 5.18. The van der Waals surface area contributed by atoms with E-state index in [1.807, 2.05) is 37.1 Å². The molecule has 0 aliphatic heterocycles. The Morgan fingerprint density at radius 2 is 2.22 bits per heavy atom. The number of hydrogen-bond donors (Lipinski definition) is 2. The van der Waals surface area contributed by atoms with Crippen LogP contribution in [0.5, 0.6) is 0 Å². The zero-order valence-electron chi connectivity index (χ0n) is 10.5. The number of halogens is 1. The molecule has 0 aliphatic rings. The van der Waals surface area contributed by atoms with Crippen LogP contribution in [-0.2, 0) is 20.1 Å². The summed E-state index contributed by atoms with van der Waals surface area (Å²) in [4.78, 5) is 0. The van der Waals surface area contributed by atoms with Gasteiger partial charge in [-0.15, -0.1) is 12.4 Å². The van der Waals surface area contributed by atoms with E-state index in [4.69, 9.17) is 5.11 Å². The molecule has 0 aromatic carbocycles. The number of aromatic nitrogens is 4. The molecule has 0 saturated heterocycles. The van der Waals surface area contributed by atoms with Crippen molar-refractivity contribution >= 4 is 18.2 Å². The van der Waals surface area contributed by atoms with Crippen LogP contribution in [0.2, 0.25) is 0 Å². The second kappa shape index (κ2) is 6.42. The average Bonchev–Trinajstić information content (AvgIpc) is 2.86. The van der Waals surface area contributed by atoms with Crippen LogP contribution in [-0.4, -0.2) is 31.3 Å². The first-order valence-corrected chi connectivity index (χ1v) is 5.56. The maximum Gasteiger partial charge on any atom is 0.148 e. The van der Waals surface area contributed by atoms with Crippen molar-refractivity contribution < 1.29 is 5.11 Å². The van der Waals surface area contributed by atoms with E-state index < -0.39 is 0 Å². The minimum Gasteiger partial charge on any atom is -0.394 e. The SMILES string of the molecule is Cc1cnn(C)c1CNc1ccn(CCO)n1.Cl. The summed E-state index contributed by atoms with van der Waals surface area (Å²) in [5, 5.41) is 20.5. The molecule has 0 radical (unpaired) electrons. The third kappa shape index (κ3) is 3.24. The van der Waals surface area contributed by atoms with Gasteiger partial charge in [-0.25, -0.2) is 0 Å². The highest BCUT2D eigenvalue weighted by Gasteiger charge is 2.05. The minimum atomic E-state index is 0. The maximum absolute atomic E-state index is 8.79. The molecular formula is C11H18ClN5O. The Balaban J connectivity index is 0.00000162. The monoisotopic (exact) mass is 271 g/mol. The summed E-state index contributed by atoms with van der Waals surface area (Å²) in [6.45, 7) is 3.35. The predicted molar refractivity (Wildman–Crippen MR) is 71.8 cm³/mol. The van der Waals surface area contributed by atoms with Crippen LogP contribution in [0.3, 0.4) is 0 Å². The van der Waals surface area contributed by atoms with E-state index in [0.29, 0.717) is 13.1 Å². The third-order valence-electron chi connectivity index (χ3n) is 2.68. The molecular weight excluding hydrogens is 254 g/mol. The fourth-order valence-corrected chi connectivity index (χ4v) is 1.68. The van der Waals surface area contributed by atoms with Gasteiger partial charge in [0.25, 0.3) is 0 Å². The van der Waals surface area contributed by atoms with Gasteiger partial charge in [-0.1, -0.05) is 0 Å². The lowest BCUT2D eigenvalue weighted by Gasteiger charge is -2.05. The van der Waals surface area contributed by atoms with E-state index in [1.54, 1.807) is 4.68 Å². The molecule has 7 heteroatoms. The van der Waals surface area contributed by atoms with Gasteiger partial charge in [0.15, 0.2) is 0 Å². The quantitative estimate of drug-likeness (QED) is 0.850. The van der Waals surface area contributed by atoms with Gasteiger partial charge in [0.2, 0.25) is 0 Å². The van der Waals surface area contributed by atoms with E-state index in [-0.39, 0.29) is 19.0 Å². The Hall–Kier alpha value is -1.53. The first-order chi connectivity index (χ1) is 8.20. The molecule has 2 heterocycles. The van der Waals surface area contributed by atoms with Crippen LogP contribution in [0.15, 0.2) is 18.5 Å². The highest BCUT2D eigenvalue weighted by atomic mass is 35.5.